The maximum atomic E-state index is 12.5. The molecule has 1 aromatic heterocycles. The molecule has 1 aliphatic rings. The summed E-state index contributed by atoms with van der Waals surface area (Å²) in [6.45, 7) is 9.61. The number of carbonyl (C=O) groups is 1. The summed E-state index contributed by atoms with van der Waals surface area (Å²) in [7, 11) is 0. The highest BCUT2D eigenvalue weighted by molar-refractivity contribution is 5.93. The van der Waals surface area contributed by atoms with E-state index in [4.69, 9.17) is 0 Å². The molecule has 4 heteroatoms. The second kappa shape index (κ2) is 4.53. The van der Waals surface area contributed by atoms with Crippen molar-refractivity contribution in [3.8, 4) is 0 Å². The molecule has 0 unspecified atom stereocenters. The van der Waals surface area contributed by atoms with Crippen LogP contribution in [-0.2, 0) is 6.54 Å². The van der Waals surface area contributed by atoms with Crippen LogP contribution in [0.25, 0.3) is 0 Å². The lowest BCUT2D eigenvalue weighted by molar-refractivity contribution is 0.0466. The first-order valence-corrected chi connectivity index (χ1v) is 6.24. The Morgan fingerprint density at radius 3 is 2.94 bits per heavy atom. The van der Waals surface area contributed by atoms with Crippen LogP contribution in [0.3, 0.4) is 0 Å². The highest BCUT2D eigenvalue weighted by Gasteiger charge is 2.34. The molecule has 94 valence electrons. The molecule has 1 amide bonds. The molecule has 0 radical (unpaired) electrons. The average Bonchev–Trinajstić information content (AvgIpc) is 2.75. The number of carbonyl (C=O) groups excluding carboxylic acids is 1. The van der Waals surface area contributed by atoms with Crippen molar-refractivity contribution in [2.75, 3.05) is 19.6 Å². The predicted octanol–water partition coefficient (Wildman–Crippen LogP) is 1.33. The lowest BCUT2D eigenvalue weighted by atomic mass is 9.99. The number of rotatable bonds is 2. The number of hydrogen-bond acceptors (Lipinski definition) is 2. The molecular weight excluding hydrogens is 214 g/mol. The zero-order valence-electron chi connectivity index (χ0n) is 10.9. The van der Waals surface area contributed by atoms with Crippen LogP contribution in [0.4, 0.5) is 0 Å². The topological polar surface area (TPSA) is 37.3 Å². The molecule has 0 atom stereocenters. The number of amides is 1. The quantitative estimate of drug-likeness (QED) is 0.839. The van der Waals surface area contributed by atoms with Crippen molar-refractivity contribution in [2.24, 2.45) is 0 Å². The minimum Gasteiger partial charge on any atom is -0.344 e. The lowest BCUT2D eigenvalue weighted by Gasteiger charge is -2.42. The highest BCUT2D eigenvalue weighted by Crippen LogP contribution is 2.19. The summed E-state index contributed by atoms with van der Waals surface area (Å²) in [4.78, 5) is 14.5. The summed E-state index contributed by atoms with van der Waals surface area (Å²) in [5, 5.41) is 3.33. The van der Waals surface area contributed by atoms with E-state index in [1.807, 2.05) is 27.8 Å². The molecule has 1 N–H and O–H groups in total. The van der Waals surface area contributed by atoms with Gasteiger partial charge in [-0.2, -0.15) is 0 Å². The van der Waals surface area contributed by atoms with Gasteiger partial charge < -0.3 is 14.8 Å². The number of piperazine rings is 1. The third kappa shape index (κ3) is 2.22. The fourth-order valence-corrected chi connectivity index (χ4v) is 2.38. The fraction of sp³-hybridized carbons (Fsp3) is 0.615. The third-order valence-electron chi connectivity index (χ3n) is 3.43. The predicted molar refractivity (Wildman–Crippen MR) is 68.1 cm³/mol. The zero-order chi connectivity index (χ0) is 12.5. The molecule has 0 aliphatic carbocycles. The number of nitrogens with one attached hydrogen (secondary N) is 1. The SMILES string of the molecule is CCn1cccc1C(=O)N1CCNCC1(C)C. The maximum absolute atomic E-state index is 12.5. The smallest absolute Gasteiger partial charge is 0.271 e. The molecule has 4 nitrogen and oxygen atoms in total. The summed E-state index contributed by atoms with van der Waals surface area (Å²) in [5.74, 6) is 0.142. The van der Waals surface area contributed by atoms with Crippen LogP contribution in [0.15, 0.2) is 18.3 Å². The molecule has 0 spiro atoms. The molecule has 2 rings (SSSR count). The Labute approximate surface area is 103 Å². The number of hydrogen-bond donors (Lipinski definition) is 1. The van der Waals surface area contributed by atoms with E-state index in [9.17, 15) is 4.79 Å². The van der Waals surface area contributed by atoms with E-state index >= 15 is 0 Å². The standard InChI is InChI=1S/C13H21N3O/c1-4-15-8-5-6-11(15)12(17)16-9-7-14-10-13(16,2)3/h5-6,8,14H,4,7,9-10H2,1-3H3. The molecule has 17 heavy (non-hydrogen) atoms. The number of nitrogens with zero attached hydrogens (tertiary/aromatic N) is 2. The average molecular weight is 235 g/mol. The lowest BCUT2D eigenvalue weighted by Crippen LogP contribution is -2.60. The molecule has 0 aromatic carbocycles. The van der Waals surface area contributed by atoms with E-state index in [1.165, 1.54) is 0 Å². The van der Waals surface area contributed by atoms with Gasteiger partial charge >= 0.3 is 0 Å². The Kier molecular flexibility index (Phi) is 3.24. The summed E-state index contributed by atoms with van der Waals surface area (Å²) in [6.07, 6.45) is 1.96. The van der Waals surface area contributed by atoms with E-state index < -0.39 is 0 Å². The Hall–Kier alpha value is -1.29. The zero-order valence-corrected chi connectivity index (χ0v) is 10.9. The van der Waals surface area contributed by atoms with Crippen molar-refractivity contribution in [3.63, 3.8) is 0 Å². The van der Waals surface area contributed by atoms with Crippen LogP contribution in [0.2, 0.25) is 0 Å². The molecule has 1 aromatic rings. The van der Waals surface area contributed by atoms with Crippen molar-refractivity contribution >= 4 is 5.91 Å². The summed E-state index contributed by atoms with van der Waals surface area (Å²) < 4.78 is 2.00. The van der Waals surface area contributed by atoms with Crippen LogP contribution < -0.4 is 5.32 Å². The van der Waals surface area contributed by atoms with Gasteiger partial charge in [0.2, 0.25) is 0 Å². The Morgan fingerprint density at radius 1 is 1.53 bits per heavy atom. The molecule has 1 aliphatic heterocycles. The van der Waals surface area contributed by atoms with Gasteiger partial charge in [0.15, 0.2) is 0 Å². The van der Waals surface area contributed by atoms with E-state index in [0.29, 0.717) is 0 Å². The summed E-state index contributed by atoms with van der Waals surface area (Å²) in [6, 6.07) is 3.84. The molecule has 1 saturated heterocycles. The molecule has 0 bridgehead atoms. The van der Waals surface area contributed by atoms with Gasteiger partial charge in [0.05, 0.1) is 5.54 Å². The molecule has 1 fully saturated rings. The van der Waals surface area contributed by atoms with Crippen LogP contribution >= 0.6 is 0 Å². The molecular formula is C13H21N3O. The minimum absolute atomic E-state index is 0.113. The van der Waals surface area contributed by atoms with E-state index in [2.05, 4.69) is 26.1 Å². The van der Waals surface area contributed by atoms with Crippen LogP contribution in [0, 0.1) is 0 Å². The van der Waals surface area contributed by atoms with Gasteiger partial charge in [-0.25, -0.2) is 0 Å². The Morgan fingerprint density at radius 2 is 2.29 bits per heavy atom. The van der Waals surface area contributed by atoms with Gasteiger partial charge in [-0.15, -0.1) is 0 Å². The van der Waals surface area contributed by atoms with Crippen molar-refractivity contribution in [3.05, 3.63) is 24.0 Å². The van der Waals surface area contributed by atoms with Crippen LogP contribution in [0.1, 0.15) is 31.3 Å². The maximum Gasteiger partial charge on any atom is 0.271 e. The van der Waals surface area contributed by atoms with Gasteiger partial charge in [-0.3, -0.25) is 4.79 Å². The van der Waals surface area contributed by atoms with E-state index in [1.54, 1.807) is 0 Å². The highest BCUT2D eigenvalue weighted by atomic mass is 16.2. The minimum atomic E-state index is -0.113. The largest absolute Gasteiger partial charge is 0.344 e. The monoisotopic (exact) mass is 235 g/mol. The fourth-order valence-electron chi connectivity index (χ4n) is 2.38. The second-order valence-electron chi connectivity index (χ2n) is 5.13. The normalized spacial score (nSPS) is 19.4. The molecule has 0 saturated carbocycles. The molecule has 2 heterocycles. The summed E-state index contributed by atoms with van der Waals surface area (Å²) in [5.41, 5.74) is 0.681. The van der Waals surface area contributed by atoms with E-state index in [0.717, 1.165) is 31.9 Å². The Balaban J connectivity index is 2.25. The van der Waals surface area contributed by atoms with Crippen molar-refractivity contribution in [1.29, 1.82) is 0 Å². The Bertz CT molecular complexity index is 409. The van der Waals surface area contributed by atoms with Crippen LogP contribution in [-0.4, -0.2) is 40.5 Å². The first-order chi connectivity index (χ1) is 8.06. The van der Waals surface area contributed by atoms with Crippen LogP contribution in [0.5, 0.6) is 0 Å². The third-order valence-corrected chi connectivity index (χ3v) is 3.43. The first-order valence-electron chi connectivity index (χ1n) is 6.24. The first kappa shape index (κ1) is 12.2. The number of aromatic nitrogens is 1. The van der Waals surface area contributed by atoms with Gasteiger partial charge in [-0.05, 0) is 32.9 Å². The van der Waals surface area contributed by atoms with Gasteiger partial charge in [0.25, 0.3) is 5.91 Å². The van der Waals surface area contributed by atoms with Crippen molar-refractivity contribution in [1.82, 2.24) is 14.8 Å². The van der Waals surface area contributed by atoms with E-state index in [-0.39, 0.29) is 11.4 Å². The van der Waals surface area contributed by atoms with Gasteiger partial charge in [0, 0.05) is 32.4 Å². The second-order valence-corrected chi connectivity index (χ2v) is 5.13. The van der Waals surface area contributed by atoms with Crippen molar-refractivity contribution < 1.29 is 4.79 Å². The van der Waals surface area contributed by atoms with Gasteiger partial charge in [0.1, 0.15) is 5.69 Å². The van der Waals surface area contributed by atoms with Gasteiger partial charge in [-0.1, -0.05) is 0 Å². The summed E-state index contributed by atoms with van der Waals surface area (Å²) >= 11 is 0. The number of aryl methyl sites for hydroxylation is 1. The van der Waals surface area contributed by atoms with Crippen molar-refractivity contribution in [2.45, 2.75) is 32.9 Å².